The summed E-state index contributed by atoms with van der Waals surface area (Å²) in [6.07, 6.45) is 0. The van der Waals surface area contributed by atoms with Gasteiger partial charge in [-0.05, 0) is 16.7 Å². The number of hydrogen-bond donors (Lipinski definition) is 1. The molecule has 0 radical (unpaired) electrons. The molecular weight excluding hydrogens is 180 g/mol. The highest BCUT2D eigenvalue weighted by molar-refractivity contribution is 7.84. The quantitative estimate of drug-likeness (QED) is 0.562. The van der Waals surface area contributed by atoms with Crippen molar-refractivity contribution in [2.24, 2.45) is 9.63 Å². The van der Waals surface area contributed by atoms with E-state index in [2.05, 4.69) is 9.63 Å². The highest BCUT2D eigenvalue weighted by Crippen LogP contribution is 2.10. The van der Waals surface area contributed by atoms with Gasteiger partial charge in [-0.2, -0.15) is 8.42 Å². The number of nitrogens with zero attached hydrogens (tertiary/aromatic N) is 2. The minimum absolute atomic E-state index is 0.370. The third-order valence-electron chi connectivity index (χ3n) is 1.02. The van der Waals surface area contributed by atoms with Crippen LogP contribution in [0.25, 0.3) is 0 Å². The van der Waals surface area contributed by atoms with E-state index in [1.54, 1.807) is 30.3 Å². The van der Waals surface area contributed by atoms with Crippen LogP contribution in [0.2, 0.25) is 0 Å². The zero-order valence-electron chi connectivity index (χ0n) is 5.95. The van der Waals surface area contributed by atoms with E-state index in [-0.39, 0.29) is 0 Å². The molecule has 0 aliphatic heterocycles. The lowest BCUT2D eigenvalue weighted by molar-refractivity contribution is 0.482. The fraction of sp³-hybridized carbons (Fsp3) is 0. The molecule has 64 valence electrons. The Balaban J connectivity index is 2.85. The first-order valence-corrected chi connectivity index (χ1v) is 4.43. The lowest BCUT2D eigenvalue weighted by atomic mass is 10.3. The largest absolute Gasteiger partial charge is 0.396 e. The topological polar surface area (TPSA) is 79.1 Å². The van der Waals surface area contributed by atoms with E-state index in [0.29, 0.717) is 5.69 Å². The van der Waals surface area contributed by atoms with Gasteiger partial charge in [0.05, 0.1) is 5.69 Å². The molecule has 5 nitrogen and oxygen atoms in total. The first kappa shape index (κ1) is 8.82. The van der Waals surface area contributed by atoms with Crippen molar-refractivity contribution in [3.05, 3.63) is 30.3 Å². The number of benzene rings is 1. The minimum Gasteiger partial charge on any atom is -0.267 e. The van der Waals surface area contributed by atoms with Crippen molar-refractivity contribution in [3.8, 4) is 0 Å². The average molecular weight is 186 g/mol. The zero-order valence-corrected chi connectivity index (χ0v) is 6.77. The van der Waals surface area contributed by atoms with E-state index in [9.17, 15) is 8.42 Å². The molecule has 0 aliphatic rings. The van der Waals surface area contributed by atoms with Gasteiger partial charge in [0.1, 0.15) is 0 Å². The summed E-state index contributed by atoms with van der Waals surface area (Å²) in [4.78, 5) is 0. The van der Waals surface area contributed by atoms with Crippen LogP contribution in [-0.2, 0) is 10.3 Å². The molecule has 12 heavy (non-hydrogen) atoms. The van der Waals surface area contributed by atoms with Crippen molar-refractivity contribution in [2.75, 3.05) is 0 Å². The Hall–Kier alpha value is -1.27. The van der Waals surface area contributed by atoms with Crippen LogP contribution in [0.3, 0.4) is 0 Å². The van der Waals surface area contributed by atoms with Gasteiger partial charge in [0.25, 0.3) is 0 Å². The minimum atomic E-state index is -4.36. The summed E-state index contributed by atoms with van der Waals surface area (Å²) in [6.45, 7) is 0. The molecule has 0 unspecified atom stereocenters. The lowest BCUT2D eigenvalue weighted by Gasteiger charge is -1.87. The van der Waals surface area contributed by atoms with Gasteiger partial charge in [-0.25, -0.2) is 0 Å². The first-order chi connectivity index (χ1) is 5.58. The molecule has 1 aromatic carbocycles. The highest BCUT2D eigenvalue weighted by atomic mass is 32.2. The fourth-order valence-corrected chi connectivity index (χ4v) is 0.791. The van der Waals surface area contributed by atoms with Gasteiger partial charge in [-0.1, -0.05) is 18.2 Å². The number of hydrogen-bond acceptors (Lipinski definition) is 3. The molecule has 0 spiro atoms. The fourth-order valence-electron chi connectivity index (χ4n) is 0.593. The normalized spacial score (nSPS) is 12.1. The number of rotatable bonds is 2. The van der Waals surface area contributed by atoms with Gasteiger partial charge in [-0.3, -0.25) is 4.55 Å². The summed E-state index contributed by atoms with van der Waals surface area (Å²) < 4.78 is 31.1. The predicted octanol–water partition coefficient (Wildman–Crippen LogP) is 1.57. The Morgan fingerprint density at radius 2 is 1.75 bits per heavy atom. The summed E-state index contributed by atoms with van der Waals surface area (Å²) in [5, 5.41) is 3.26. The van der Waals surface area contributed by atoms with E-state index in [1.165, 1.54) is 0 Å². The van der Waals surface area contributed by atoms with Crippen molar-refractivity contribution in [2.45, 2.75) is 0 Å². The second kappa shape index (κ2) is 3.42. The van der Waals surface area contributed by atoms with Gasteiger partial charge in [0, 0.05) is 0 Å². The standard InChI is InChI=1S/C6H6N2O3S/c9-12(10,11)8-7-6-4-2-1-3-5-6/h1-5H,(H,9,10,11)/b8-7+. The van der Waals surface area contributed by atoms with Gasteiger partial charge >= 0.3 is 10.3 Å². The molecule has 0 heterocycles. The maximum Gasteiger partial charge on any atom is 0.396 e. The van der Waals surface area contributed by atoms with Gasteiger partial charge in [0.2, 0.25) is 0 Å². The molecule has 1 N–H and O–H groups in total. The summed E-state index contributed by atoms with van der Waals surface area (Å²) in [6, 6.07) is 8.24. The van der Waals surface area contributed by atoms with Crippen LogP contribution in [0.1, 0.15) is 0 Å². The average Bonchev–Trinajstić information content (AvgIpc) is 2.02. The van der Waals surface area contributed by atoms with Crippen LogP contribution in [0.15, 0.2) is 40.0 Å². The lowest BCUT2D eigenvalue weighted by Crippen LogP contribution is -1.87. The van der Waals surface area contributed by atoms with Crippen LogP contribution >= 0.6 is 0 Å². The van der Waals surface area contributed by atoms with E-state index in [1.807, 2.05) is 0 Å². The Kier molecular flexibility index (Phi) is 2.51. The molecule has 0 atom stereocenters. The Labute approximate surface area is 69.6 Å². The molecule has 1 rings (SSSR count). The van der Waals surface area contributed by atoms with Crippen LogP contribution in [-0.4, -0.2) is 13.0 Å². The van der Waals surface area contributed by atoms with Crippen LogP contribution in [0.4, 0.5) is 5.69 Å². The Morgan fingerprint density at radius 1 is 1.17 bits per heavy atom. The Bertz CT molecular complexity index is 371. The van der Waals surface area contributed by atoms with Crippen molar-refractivity contribution in [3.63, 3.8) is 0 Å². The summed E-state index contributed by atoms with van der Waals surface area (Å²) in [7, 11) is -4.36. The van der Waals surface area contributed by atoms with E-state index < -0.39 is 10.3 Å². The summed E-state index contributed by atoms with van der Waals surface area (Å²) in [5.74, 6) is 0. The van der Waals surface area contributed by atoms with Crippen molar-refractivity contribution in [1.29, 1.82) is 0 Å². The van der Waals surface area contributed by atoms with Gasteiger partial charge < -0.3 is 0 Å². The maximum absolute atomic E-state index is 10.1. The molecule has 6 heteroatoms. The van der Waals surface area contributed by atoms with Crippen molar-refractivity contribution in [1.82, 2.24) is 0 Å². The summed E-state index contributed by atoms with van der Waals surface area (Å²) in [5.41, 5.74) is 0.370. The molecule has 0 saturated heterocycles. The molecule has 0 bridgehead atoms. The highest BCUT2D eigenvalue weighted by Gasteiger charge is 1.97. The van der Waals surface area contributed by atoms with Crippen molar-refractivity contribution >= 4 is 16.0 Å². The molecule has 0 fully saturated rings. The SMILES string of the molecule is O=S(=O)(O)/N=N/c1ccccc1. The van der Waals surface area contributed by atoms with E-state index in [0.717, 1.165) is 0 Å². The molecule has 1 aromatic rings. The Morgan fingerprint density at radius 3 is 2.25 bits per heavy atom. The summed E-state index contributed by atoms with van der Waals surface area (Å²) >= 11 is 0. The van der Waals surface area contributed by atoms with Crippen LogP contribution < -0.4 is 0 Å². The zero-order chi connectivity index (χ0) is 9.03. The molecule has 0 aromatic heterocycles. The second-order valence-corrected chi connectivity index (χ2v) is 3.02. The van der Waals surface area contributed by atoms with E-state index >= 15 is 0 Å². The second-order valence-electron chi connectivity index (χ2n) is 1.97. The molecule has 0 saturated carbocycles. The molecule has 0 amide bonds. The van der Waals surface area contributed by atoms with Crippen LogP contribution in [0, 0.1) is 0 Å². The molecular formula is C6H6N2O3S. The van der Waals surface area contributed by atoms with Crippen molar-refractivity contribution < 1.29 is 13.0 Å². The third-order valence-corrected chi connectivity index (χ3v) is 1.30. The predicted molar refractivity (Wildman–Crippen MR) is 42.5 cm³/mol. The third kappa shape index (κ3) is 3.22. The van der Waals surface area contributed by atoms with Gasteiger partial charge in [-0.15, -0.1) is 5.11 Å². The smallest absolute Gasteiger partial charge is 0.267 e. The first-order valence-electron chi connectivity index (χ1n) is 3.03. The maximum atomic E-state index is 10.1. The van der Waals surface area contributed by atoms with Crippen LogP contribution in [0.5, 0.6) is 0 Å². The monoisotopic (exact) mass is 186 g/mol. The molecule has 0 aliphatic carbocycles. The van der Waals surface area contributed by atoms with E-state index in [4.69, 9.17) is 4.55 Å². The van der Waals surface area contributed by atoms with Gasteiger partial charge in [0.15, 0.2) is 0 Å².